The molecule has 4 rings (SSSR count). The molecule has 0 spiro atoms. The summed E-state index contributed by atoms with van der Waals surface area (Å²) in [7, 11) is 0. The molecule has 3 aliphatic heterocycles. The van der Waals surface area contributed by atoms with Gasteiger partial charge >= 0.3 is 0 Å². The minimum absolute atomic E-state index is 0.0234. The highest BCUT2D eigenvalue weighted by Crippen LogP contribution is 2.31. The lowest BCUT2D eigenvalue weighted by Gasteiger charge is -2.29. The van der Waals surface area contributed by atoms with E-state index >= 15 is 0 Å². The van der Waals surface area contributed by atoms with Crippen molar-refractivity contribution in [3.05, 3.63) is 29.3 Å². The highest BCUT2D eigenvalue weighted by Gasteiger charge is 2.39. The maximum atomic E-state index is 12.7. The molecule has 1 aromatic carbocycles. The fraction of sp³-hybridized carbons (Fsp3) is 0.500. The minimum Gasteiger partial charge on any atom is -0.372 e. The van der Waals surface area contributed by atoms with Gasteiger partial charge in [0.2, 0.25) is 11.8 Å². The van der Waals surface area contributed by atoms with Crippen LogP contribution in [0, 0.1) is 0 Å². The van der Waals surface area contributed by atoms with E-state index in [-0.39, 0.29) is 30.5 Å². The minimum atomic E-state index is -0.569. The van der Waals surface area contributed by atoms with E-state index in [1.807, 2.05) is 18.2 Å². The molecule has 1 atom stereocenters. The number of piperidine rings is 2. The molecule has 6 nitrogen and oxygen atoms in total. The molecule has 0 saturated carbocycles. The molecule has 0 bridgehead atoms. The highest BCUT2D eigenvalue weighted by atomic mass is 16.2. The molecule has 2 saturated heterocycles. The summed E-state index contributed by atoms with van der Waals surface area (Å²) in [6.45, 7) is 2.12. The molecule has 3 aliphatic rings. The first-order valence-corrected chi connectivity index (χ1v) is 8.48. The number of imide groups is 1. The predicted octanol–water partition coefficient (Wildman–Crippen LogP) is 1.44. The normalized spacial score (nSPS) is 25.6. The quantitative estimate of drug-likeness (QED) is 0.834. The van der Waals surface area contributed by atoms with Crippen molar-refractivity contribution < 1.29 is 15.8 Å². The maximum Gasteiger partial charge on any atom is 0.255 e. The van der Waals surface area contributed by atoms with Gasteiger partial charge in [-0.2, -0.15) is 0 Å². The van der Waals surface area contributed by atoms with Crippen molar-refractivity contribution in [1.29, 1.82) is 0 Å². The van der Waals surface area contributed by atoms with Gasteiger partial charge in [-0.05, 0) is 49.4 Å². The molecule has 0 aromatic heterocycles. The third-order valence-corrected chi connectivity index (χ3v) is 5.08. The van der Waals surface area contributed by atoms with Crippen LogP contribution in [0.4, 0.5) is 5.69 Å². The molecule has 24 heavy (non-hydrogen) atoms. The summed E-state index contributed by atoms with van der Waals surface area (Å²) in [4.78, 5) is 39.9. The fourth-order valence-electron chi connectivity index (χ4n) is 3.77. The van der Waals surface area contributed by atoms with Gasteiger partial charge in [0.25, 0.3) is 5.91 Å². The Kier molecular flexibility index (Phi) is 3.46. The first kappa shape index (κ1) is 14.0. The Morgan fingerprint density at radius 2 is 1.96 bits per heavy atom. The molecular formula is C18H21N3O3. The predicted molar refractivity (Wildman–Crippen MR) is 88.6 cm³/mol. The van der Waals surface area contributed by atoms with Gasteiger partial charge in [0.1, 0.15) is 6.04 Å². The molecule has 3 amide bonds. The summed E-state index contributed by atoms with van der Waals surface area (Å²) < 4.78 is 7.81. The number of nitrogens with one attached hydrogen (secondary N) is 1. The first-order valence-electron chi connectivity index (χ1n) is 9.05. The monoisotopic (exact) mass is 328 g/mol. The van der Waals surface area contributed by atoms with E-state index in [0.717, 1.165) is 37.2 Å². The van der Waals surface area contributed by atoms with Crippen molar-refractivity contribution in [1.82, 2.24) is 10.2 Å². The smallest absolute Gasteiger partial charge is 0.255 e. The molecule has 6 heteroatoms. The zero-order valence-corrected chi connectivity index (χ0v) is 13.5. The fourth-order valence-corrected chi connectivity index (χ4v) is 3.77. The Labute approximate surface area is 142 Å². The number of hydrogen-bond donors (Lipinski definition) is 1. The summed E-state index contributed by atoms with van der Waals surface area (Å²) in [5, 5.41) is 2.32. The third kappa shape index (κ3) is 2.56. The SMILES string of the molecule is [2H]C1CCN(c2ccc3c(c2)CN(C2CCC(=O)NC2=O)C3=O)CC1. The average molecular weight is 328 g/mol. The van der Waals surface area contributed by atoms with Crippen LogP contribution in [0.5, 0.6) is 0 Å². The summed E-state index contributed by atoms with van der Waals surface area (Å²) >= 11 is 0. The second-order valence-electron chi connectivity index (χ2n) is 6.59. The van der Waals surface area contributed by atoms with Gasteiger partial charge in [0.05, 0.1) is 0 Å². The number of hydrogen-bond acceptors (Lipinski definition) is 4. The van der Waals surface area contributed by atoms with Crippen LogP contribution in [0.3, 0.4) is 0 Å². The lowest BCUT2D eigenvalue weighted by Crippen LogP contribution is -2.52. The number of anilines is 1. The largest absolute Gasteiger partial charge is 0.372 e. The van der Waals surface area contributed by atoms with Crippen molar-refractivity contribution >= 4 is 23.4 Å². The van der Waals surface area contributed by atoms with Crippen LogP contribution in [0.25, 0.3) is 0 Å². The zero-order valence-electron chi connectivity index (χ0n) is 14.5. The summed E-state index contributed by atoms with van der Waals surface area (Å²) in [6.07, 6.45) is 2.39. The Hall–Kier alpha value is -2.37. The van der Waals surface area contributed by atoms with Gasteiger partial charge in [-0.1, -0.05) is 0 Å². The van der Waals surface area contributed by atoms with Crippen LogP contribution in [0.15, 0.2) is 18.2 Å². The topological polar surface area (TPSA) is 69.7 Å². The van der Waals surface area contributed by atoms with Crippen molar-refractivity contribution in [2.75, 3.05) is 18.0 Å². The lowest BCUT2D eigenvalue weighted by molar-refractivity contribution is -0.136. The summed E-state index contributed by atoms with van der Waals surface area (Å²) in [5.74, 6) is -0.790. The third-order valence-electron chi connectivity index (χ3n) is 5.08. The number of carbonyl (C=O) groups is 3. The molecule has 1 N–H and O–H groups in total. The summed E-state index contributed by atoms with van der Waals surface area (Å²) in [5.41, 5.74) is 2.65. The van der Waals surface area contributed by atoms with Crippen molar-refractivity contribution in [3.63, 3.8) is 0 Å². The van der Waals surface area contributed by atoms with Crippen LogP contribution in [0.2, 0.25) is 0 Å². The first-order chi connectivity index (χ1) is 12.0. The van der Waals surface area contributed by atoms with Gasteiger partial charge in [-0.25, -0.2) is 0 Å². The molecule has 2 fully saturated rings. The molecule has 1 unspecified atom stereocenters. The van der Waals surface area contributed by atoms with Crippen LogP contribution >= 0.6 is 0 Å². The Bertz CT molecular complexity index is 743. The molecule has 0 aliphatic carbocycles. The Morgan fingerprint density at radius 3 is 2.71 bits per heavy atom. The zero-order chi connectivity index (χ0) is 17.6. The molecular weight excluding hydrogens is 306 g/mol. The molecule has 1 aromatic rings. The van der Waals surface area contributed by atoms with Gasteiger partial charge in [0.15, 0.2) is 0 Å². The number of benzene rings is 1. The van der Waals surface area contributed by atoms with Crippen LogP contribution < -0.4 is 10.2 Å². The lowest BCUT2D eigenvalue weighted by atomic mass is 10.0. The van der Waals surface area contributed by atoms with E-state index in [1.54, 1.807) is 4.90 Å². The van der Waals surface area contributed by atoms with Gasteiger partial charge in [0, 0.05) is 38.7 Å². The van der Waals surface area contributed by atoms with E-state index in [4.69, 9.17) is 1.37 Å². The molecule has 0 radical (unpaired) electrons. The number of amides is 3. The van der Waals surface area contributed by atoms with Gasteiger partial charge in [-0.15, -0.1) is 0 Å². The van der Waals surface area contributed by atoms with E-state index in [0.29, 0.717) is 18.5 Å². The number of nitrogens with zero attached hydrogens (tertiary/aromatic N) is 2. The van der Waals surface area contributed by atoms with Gasteiger partial charge < -0.3 is 9.80 Å². The number of fused-ring (bicyclic) bond motifs is 1. The Balaban J connectivity index is 1.53. The van der Waals surface area contributed by atoms with E-state index in [1.165, 1.54) is 0 Å². The standard InChI is InChI=1S/C18H21N3O3/c22-16-7-6-15(17(23)19-16)21-11-12-10-13(4-5-14(12)18(21)24)20-8-2-1-3-9-20/h4-5,10,15H,1-3,6-9,11H2,(H,19,22,23)/i1D. The van der Waals surface area contributed by atoms with Crippen molar-refractivity contribution in [3.8, 4) is 0 Å². The van der Waals surface area contributed by atoms with E-state index in [2.05, 4.69) is 10.2 Å². The van der Waals surface area contributed by atoms with E-state index < -0.39 is 6.04 Å². The second kappa shape index (κ2) is 5.92. The highest BCUT2D eigenvalue weighted by molar-refractivity contribution is 6.05. The number of carbonyl (C=O) groups excluding carboxylic acids is 3. The second-order valence-corrected chi connectivity index (χ2v) is 6.59. The van der Waals surface area contributed by atoms with Crippen LogP contribution in [-0.4, -0.2) is 41.8 Å². The Morgan fingerprint density at radius 1 is 1.17 bits per heavy atom. The average Bonchev–Trinajstić information content (AvgIpc) is 2.92. The molecule has 3 heterocycles. The van der Waals surface area contributed by atoms with Crippen molar-refractivity contribution in [2.45, 2.75) is 44.7 Å². The summed E-state index contributed by atoms with van der Waals surface area (Å²) in [6, 6.07) is 5.25. The van der Waals surface area contributed by atoms with Crippen molar-refractivity contribution in [2.24, 2.45) is 0 Å². The van der Waals surface area contributed by atoms with Crippen LogP contribution in [-0.2, 0) is 16.1 Å². The maximum absolute atomic E-state index is 12.7. The number of rotatable bonds is 2. The van der Waals surface area contributed by atoms with Crippen LogP contribution in [0.1, 0.15) is 49.4 Å². The van der Waals surface area contributed by atoms with E-state index in [9.17, 15) is 14.4 Å². The molecule has 126 valence electrons. The van der Waals surface area contributed by atoms with Gasteiger partial charge in [-0.3, -0.25) is 19.7 Å².